The van der Waals surface area contributed by atoms with Crippen molar-refractivity contribution >= 4 is 24.4 Å². The van der Waals surface area contributed by atoms with Crippen molar-refractivity contribution in [3.8, 4) is 0 Å². The summed E-state index contributed by atoms with van der Waals surface area (Å²) in [7, 11) is 1.29. The van der Waals surface area contributed by atoms with Crippen molar-refractivity contribution in [3.63, 3.8) is 0 Å². The van der Waals surface area contributed by atoms with Crippen molar-refractivity contribution in [3.05, 3.63) is 0 Å². The predicted molar refractivity (Wildman–Crippen MR) is 91.1 cm³/mol. The van der Waals surface area contributed by atoms with Gasteiger partial charge in [0.05, 0.1) is 7.11 Å². The van der Waals surface area contributed by atoms with E-state index in [1.165, 1.54) is 16.9 Å². The van der Waals surface area contributed by atoms with E-state index < -0.39 is 29.7 Å². The summed E-state index contributed by atoms with van der Waals surface area (Å²) in [4.78, 5) is 51.1. The predicted octanol–water partition coefficient (Wildman–Crippen LogP) is 0.274. The highest BCUT2D eigenvalue weighted by atomic mass is 16.6. The Labute approximate surface area is 153 Å². The van der Waals surface area contributed by atoms with E-state index in [4.69, 9.17) is 9.47 Å². The number of amides is 3. The van der Waals surface area contributed by atoms with Crippen molar-refractivity contribution in [1.29, 1.82) is 0 Å². The molecule has 2 aliphatic heterocycles. The van der Waals surface area contributed by atoms with E-state index in [9.17, 15) is 19.2 Å². The highest BCUT2D eigenvalue weighted by molar-refractivity contribution is 5.90. The Hall–Kier alpha value is -2.32. The van der Waals surface area contributed by atoms with Crippen LogP contribution in [0, 0.1) is 0 Å². The maximum atomic E-state index is 13.1. The fourth-order valence-corrected chi connectivity index (χ4v) is 3.41. The molecule has 9 nitrogen and oxygen atoms in total. The lowest BCUT2D eigenvalue weighted by Gasteiger charge is -2.31. The zero-order chi connectivity index (χ0) is 19.5. The standard InChI is InChI=1S/C17H27N3O6/c1-17(2,3)26-16(24)20-9-11(18-10-21)8-13(20)14(22)19-7-5-6-12(19)15(23)25-4/h10-13H,5-9H2,1-4H3,(H,18,21)/t11-,12-,13-/m0/s1. The van der Waals surface area contributed by atoms with Crippen molar-refractivity contribution in [2.45, 2.75) is 63.8 Å². The van der Waals surface area contributed by atoms with Crippen molar-refractivity contribution in [1.82, 2.24) is 15.1 Å². The maximum absolute atomic E-state index is 13.1. The number of nitrogens with zero attached hydrogens (tertiary/aromatic N) is 2. The first-order valence-corrected chi connectivity index (χ1v) is 8.75. The number of likely N-dealkylation sites (tertiary alicyclic amines) is 2. The molecule has 3 atom stereocenters. The number of methoxy groups -OCH3 is 1. The maximum Gasteiger partial charge on any atom is 0.411 e. The molecule has 0 aromatic heterocycles. The van der Waals surface area contributed by atoms with Crippen LogP contribution in [0.4, 0.5) is 4.79 Å². The summed E-state index contributed by atoms with van der Waals surface area (Å²) >= 11 is 0. The fourth-order valence-electron chi connectivity index (χ4n) is 3.41. The van der Waals surface area contributed by atoms with Crippen LogP contribution in [0.15, 0.2) is 0 Å². The molecule has 0 radical (unpaired) electrons. The number of esters is 1. The van der Waals surface area contributed by atoms with Gasteiger partial charge in [-0.15, -0.1) is 0 Å². The van der Waals surface area contributed by atoms with Crippen molar-refractivity contribution in [2.24, 2.45) is 0 Å². The molecule has 0 saturated carbocycles. The minimum Gasteiger partial charge on any atom is -0.467 e. The van der Waals surface area contributed by atoms with Gasteiger partial charge in [0.25, 0.3) is 0 Å². The van der Waals surface area contributed by atoms with Crippen LogP contribution in [0.5, 0.6) is 0 Å². The first-order valence-electron chi connectivity index (χ1n) is 8.75. The molecular formula is C17H27N3O6. The van der Waals surface area contributed by atoms with Gasteiger partial charge in [0.1, 0.15) is 17.7 Å². The summed E-state index contributed by atoms with van der Waals surface area (Å²) in [6, 6.07) is -1.76. The number of ether oxygens (including phenoxy) is 2. The molecule has 9 heteroatoms. The molecule has 0 aliphatic carbocycles. The highest BCUT2D eigenvalue weighted by Gasteiger charge is 2.46. The Morgan fingerprint density at radius 3 is 2.42 bits per heavy atom. The lowest BCUT2D eigenvalue weighted by molar-refractivity contribution is -0.152. The van der Waals surface area contributed by atoms with Gasteiger partial charge in [-0.05, 0) is 40.0 Å². The molecule has 2 saturated heterocycles. The highest BCUT2D eigenvalue weighted by Crippen LogP contribution is 2.27. The van der Waals surface area contributed by atoms with Gasteiger partial charge in [-0.3, -0.25) is 14.5 Å². The first-order chi connectivity index (χ1) is 12.2. The second-order valence-corrected chi connectivity index (χ2v) is 7.58. The van der Waals surface area contributed by atoms with Crippen LogP contribution in [0.2, 0.25) is 0 Å². The van der Waals surface area contributed by atoms with Crippen LogP contribution >= 0.6 is 0 Å². The fraction of sp³-hybridized carbons (Fsp3) is 0.765. The minimum atomic E-state index is -0.785. The molecule has 146 valence electrons. The number of carbonyl (C=O) groups excluding carboxylic acids is 4. The summed E-state index contributed by atoms with van der Waals surface area (Å²) in [6.07, 6.45) is 1.45. The van der Waals surface area contributed by atoms with Crippen LogP contribution in [0.1, 0.15) is 40.0 Å². The van der Waals surface area contributed by atoms with Gasteiger partial charge >= 0.3 is 12.1 Å². The Balaban J connectivity index is 2.19. The lowest BCUT2D eigenvalue weighted by Crippen LogP contribution is -2.51. The topological polar surface area (TPSA) is 105 Å². The van der Waals surface area contributed by atoms with Gasteiger partial charge in [-0.1, -0.05) is 0 Å². The smallest absolute Gasteiger partial charge is 0.411 e. The average molecular weight is 369 g/mol. The third kappa shape index (κ3) is 4.44. The zero-order valence-corrected chi connectivity index (χ0v) is 15.7. The van der Waals surface area contributed by atoms with E-state index in [1.807, 2.05) is 0 Å². The van der Waals surface area contributed by atoms with Gasteiger partial charge in [0.2, 0.25) is 12.3 Å². The van der Waals surface area contributed by atoms with E-state index >= 15 is 0 Å². The summed E-state index contributed by atoms with van der Waals surface area (Å²) < 4.78 is 10.2. The molecule has 0 spiro atoms. The third-order valence-corrected chi connectivity index (χ3v) is 4.53. The van der Waals surface area contributed by atoms with Crippen LogP contribution in [0.25, 0.3) is 0 Å². The molecule has 0 aromatic rings. The number of rotatable bonds is 4. The minimum absolute atomic E-state index is 0.181. The summed E-state index contributed by atoms with van der Waals surface area (Å²) in [5.41, 5.74) is -0.705. The van der Waals surface area contributed by atoms with Gasteiger partial charge in [-0.2, -0.15) is 0 Å². The number of carbonyl (C=O) groups is 4. The van der Waals surface area contributed by atoms with Gasteiger partial charge < -0.3 is 19.7 Å². The average Bonchev–Trinajstić information content (AvgIpc) is 3.19. The number of nitrogens with one attached hydrogen (secondary N) is 1. The summed E-state index contributed by atoms with van der Waals surface area (Å²) in [6.45, 7) is 5.84. The first kappa shape index (κ1) is 20.0. The second kappa shape index (κ2) is 7.92. The van der Waals surface area contributed by atoms with Crippen molar-refractivity contribution in [2.75, 3.05) is 20.2 Å². The van der Waals surface area contributed by atoms with E-state index in [1.54, 1.807) is 20.8 Å². The lowest BCUT2D eigenvalue weighted by atomic mass is 10.1. The molecule has 2 aliphatic rings. The van der Waals surface area contributed by atoms with Crippen LogP contribution in [-0.2, 0) is 23.9 Å². The van der Waals surface area contributed by atoms with Crippen molar-refractivity contribution < 1.29 is 28.7 Å². The Bertz CT molecular complexity index is 573. The number of hydrogen-bond acceptors (Lipinski definition) is 6. The monoisotopic (exact) mass is 369 g/mol. The molecule has 26 heavy (non-hydrogen) atoms. The molecule has 3 amide bonds. The molecular weight excluding hydrogens is 342 g/mol. The van der Waals surface area contributed by atoms with Crippen LogP contribution < -0.4 is 5.32 Å². The zero-order valence-electron chi connectivity index (χ0n) is 15.7. The molecule has 0 bridgehead atoms. The number of hydrogen-bond donors (Lipinski definition) is 1. The molecule has 2 rings (SSSR count). The second-order valence-electron chi connectivity index (χ2n) is 7.58. The van der Waals surface area contributed by atoms with Gasteiger partial charge in [-0.25, -0.2) is 9.59 Å². The molecule has 2 fully saturated rings. The van der Waals surface area contributed by atoms with E-state index in [-0.39, 0.29) is 24.9 Å². The van der Waals surface area contributed by atoms with Gasteiger partial charge in [0.15, 0.2) is 0 Å². The Morgan fingerprint density at radius 1 is 1.15 bits per heavy atom. The van der Waals surface area contributed by atoms with E-state index in [0.29, 0.717) is 25.8 Å². The van der Waals surface area contributed by atoms with Crippen LogP contribution in [-0.4, -0.2) is 78.1 Å². The summed E-state index contributed by atoms with van der Waals surface area (Å²) in [5.74, 6) is -0.779. The summed E-state index contributed by atoms with van der Waals surface area (Å²) in [5, 5.41) is 2.62. The molecule has 0 aromatic carbocycles. The molecule has 0 unspecified atom stereocenters. The van der Waals surface area contributed by atoms with E-state index in [0.717, 1.165) is 0 Å². The molecule has 1 N–H and O–H groups in total. The molecule has 2 heterocycles. The SMILES string of the molecule is COC(=O)[C@@H]1CCCN1C(=O)[C@@H]1C[C@H](NC=O)CN1C(=O)OC(C)(C)C. The third-order valence-electron chi connectivity index (χ3n) is 4.53. The Kier molecular flexibility index (Phi) is 6.09. The quantitative estimate of drug-likeness (QED) is 0.563. The van der Waals surface area contributed by atoms with Crippen LogP contribution in [0.3, 0.4) is 0 Å². The normalized spacial score (nSPS) is 25.8. The van der Waals surface area contributed by atoms with E-state index in [2.05, 4.69) is 5.32 Å². The van der Waals surface area contributed by atoms with Gasteiger partial charge in [0, 0.05) is 19.1 Å². The Morgan fingerprint density at radius 2 is 1.85 bits per heavy atom. The largest absolute Gasteiger partial charge is 0.467 e.